The van der Waals surface area contributed by atoms with Crippen LogP contribution in [0.5, 0.6) is 0 Å². The van der Waals surface area contributed by atoms with Crippen molar-refractivity contribution in [2.45, 2.75) is 44.4 Å². The van der Waals surface area contributed by atoms with E-state index >= 15 is 0 Å². The van der Waals surface area contributed by atoms with Gasteiger partial charge in [-0.15, -0.1) is 0 Å². The van der Waals surface area contributed by atoms with Gasteiger partial charge in [0.1, 0.15) is 0 Å². The Morgan fingerprint density at radius 2 is 2.00 bits per heavy atom. The van der Waals surface area contributed by atoms with Gasteiger partial charge in [0.05, 0.1) is 6.04 Å². The van der Waals surface area contributed by atoms with Crippen LogP contribution in [0, 0.1) is 10.1 Å². The summed E-state index contributed by atoms with van der Waals surface area (Å²) < 4.78 is 0. The predicted molar refractivity (Wildman–Crippen MR) is 87.7 cm³/mol. The van der Waals surface area contributed by atoms with Crippen LogP contribution in [0.15, 0.2) is 24.3 Å². The molecule has 1 aromatic rings. The maximum absolute atomic E-state index is 12.6. The molecule has 1 aromatic carbocycles. The van der Waals surface area contributed by atoms with Crippen molar-refractivity contribution in [3.8, 4) is 0 Å². The number of carbonyl (C=O) groups is 1. The lowest BCUT2D eigenvalue weighted by atomic mass is 10.0. The molecule has 4 atom stereocenters. The van der Waals surface area contributed by atoms with Crippen LogP contribution >= 0.6 is 11.6 Å². The number of hydrogen-bond acceptors (Lipinski definition) is 5. The fraction of sp³-hybridized carbons (Fsp3) is 0.533. The second-order valence-corrected chi connectivity index (χ2v) is 6.40. The maximum atomic E-state index is 12.6. The standard InChI is InChI=1S/C15H21ClN4O3/c1-9(8-11-4-6-12(16)7-5-11)19(3)15(21)13-14(20(22)23)10(2)17-18-13/h4-7,9-10,13-14,17-18H,8H2,1-3H3. The van der Waals surface area contributed by atoms with Crippen molar-refractivity contribution in [3.05, 3.63) is 45.0 Å². The number of likely N-dealkylation sites (N-methyl/N-ethyl adjacent to an activating group) is 1. The molecule has 1 heterocycles. The SMILES string of the molecule is CC1NNC(C(=O)N(C)C(C)Cc2ccc(Cl)cc2)C1[N+](=O)[O-]. The molecule has 0 aliphatic carbocycles. The fourth-order valence-electron chi connectivity index (χ4n) is 2.73. The summed E-state index contributed by atoms with van der Waals surface area (Å²) in [6.07, 6.45) is 0.651. The number of hydrogen-bond donors (Lipinski definition) is 2. The highest BCUT2D eigenvalue weighted by Crippen LogP contribution is 2.16. The Balaban J connectivity index is 2.03. The molecular formula is C15H21ClN4O3. The van der Waals surface area contributed by atoms with Crippen LogP contribution < -0.4 is 10.9 Å². The monoisotopic (exact) mass is 340 g/mol. The fourth-order valence-corrected chi connectivity index (χ4v) is 2.85. The number of hydrazine groups is 1. The molecular weight excluding hydrogens is 320 g/mol. The first-order chi connectivity index (χ1) is 10.8. The molecule has 1 fully saturated rings. The summed E-state index contributed by atoms with van der Waals surface area (Å²) >= 11 is 5.86. The quantitative estimate of drug-likeness (QED) is 0.622. The van der Waals surface area contributed by atoms with E-state index in [1.165, 1.54) is 0 Å². The van der Waals surface area contributed by atoms with Gasteiger partial charge in [0.25, 0.3) is 6.04 Å². The molecule has 8 heteroatoms. The molecule has 1 aliphatic rings. The zero-order valence-electron chi connectivity index (χ0n) is 13.3. The van der Waals surface area contributed by atoms with E-state index in [2.05, 4.69) is 10.9 Å². The first kappa shape index (κ1) is 17.7. The van der Waals surface area contributed by atoms with Gasteiger partial charge >= 0.3 is 0 Å². The first-order valence-electron chi connectivity index (χ1n) is 7.47. The van der Waals surface area contributed by atoms with Gasteiger partial charge in [-0.05, 0) is 38.0 Å². The summed E-state index contributed by atoms with van der Waals surface area (Å²) in [5.74, 6) is -0.287. The van der Waals surface area contributed by atoms with Gasteiger partial charge in [-0.2, -0.15) is 0 Å². The van der Waals surface area contributed by atoms with Crippen LogP contribution in [-0.4, -0.2) is 46.9 Å². The van der Waals surface area contributed by atoms with Crippen molar-refractivity contribution in [2.75, 3.05) is 7.05 Å². The zero-order valence-corrected chi connectivity index (χ0v) is 14.1. The second-order valence-electron chi connectivity index (χ2n) is 5.96. The smallest absolute Gasteiger partial charge is 0.254 e. The average molecular weight is 341 g/mol. The Bertz CT molecular complexity index is 581. The van der Waals surface area contributed by atoms with E-state index in [0.29, 0.717) is 11.4 Å². The van der Waals surface area contributed by atoms with Crippen molar-refractivity contribution >= 4 is 17.5 Å². The third-order valence-corrected chi connectivity index (χ3v) is 4.53. The second kappa shape index (κ2) is 7.25. The Morgan fingerprint density at radius 3 is 2.57 bits per heavy atom. The summed E-state index contributed by atoms with van der Waals surface area (Å²) in [4.78, 5) is 24.9. The molecule has 0 bridgehead atoms. The Kier molecular flexibility index (Phi) is 5.56. The van der Waals surface area contributed by atoms with Gasteiger partial charge in [0.2, 0.25) is 5.91 Å². The molecule has 0 saturated carbocycles. The van der Waals surface area contributed by atoms with Crippen LogP contribution in [-0.2, 0) is 11.2 Å². The molecule has 23 heavy (non-hydrogen) atoms. The minimum atomic E-state index is -0.979. The summed E-state index contributed by atoms with van der Waals surface area (Å²) in [6.45, 7) is 3.60. The van der Waals surface area contributed by atoms with E-state index in [1.807, 2.05) is 19.1 Å². The van der Waals surface area contributed by atoms with Crippen molar-refractivity contribution < 1.29 is 9.72 Å². The summed E-state index contributed by atoms with van der Waals surface area (Å²) in [7, 11) is 1.67. The van der Waals surface area contributed by atoms with E-state index in [9.17, 15) is 14.9 Å². The summed E-state index contributed by atoms with van der Waals surface area (Å²) in [6, 6.07) is 5.09. The lowest BCUT2D eigenvalue weighted by Gasteiger charge is -2.28. The van der Waals surface area contributed by atoms with Gasteiger partial charge in [-0.25, -0.2) is 10.9 Å². The molecule has 7 nitrogen and oxygen atoms in total. The van der Waals surface area contributed by atoms with E-state index in [0.717, 1.165) is 5.56 Å². The molecule has 126 valence electrons. The first-order valence-corrected chi connectivity index (χ1v) is 7.84. The molecule has 1 amide bonds. The third-order valence-electron chi connectivity index (χ3n) is 4.28. The normalized spacial score (nSPS) is 25.1. The van der Waals surface area contributed by atoms with Gasteiger partial charge in [-0.1, -0.05) is 23.7 Å². The molecule has 0 spiro atoms. The van der Waals surface area contributed by atoms with Crippen molar-refractivity contribution in [1.82, 2.24) is 15.8 Å². The molecule has 2 rings (SSSR count). The number of nitro groups is 1. The summed E-state index contributed by atoms with van der Waals surface area (Å²) in [5, 5.41) is 11.8. The van der Waals surface area contributed by atoms with Crippen molar-refractivity contribution in [2.24, 2.45) is 0 Å². The van der Waals surface area contributed by atoms with Gasteiger partial charge in [-0.3, -0.25) is 14.9 Å². The van der Waals surface area contributed by atoms with Crippen molar-refractivity contribution in [1.29, 1.82) is 0 Å². The van der Waals surface area contributed by atoms with Crippen LogP contribution in [0.25, 0.3) is 0 Å². The van der Waals surface area contributed by atoms with Crippen LogP contribution in [0.4, 0.5) is 0 Å². The van der Waals surface area contributed by atoms with E-state index in [4.69, 9.17) is 11.6 Å². The predicted octanol–water partition coefficient (Wildman–Crippen LogP) is 1.24. The number of amides is 1. The molecule has 2 N–H and O–H groups in total. The van der Waals surface area contributed by atoms with E-state index in [1.54, 1.807) is 31.0 Å². The highest BCUT2D eigenvalue weighted by molar-refractivity contribution is 6.30. The highest BCUT2D eigenvalue weighted by Gasteiger charge is 2.47. The number of halogens is 1. The maximum Gasteiger partial charge on any atom is 0.254 e. The molecule has 1 saturated heterocycles. The Morgan fingerprint density at radius 1 is 1.39 bits per heavy atom. The molecule has 0 radical (unpaired) electrons. The van der Waals surface area contributed by atoms with E-state index < -0.39 is 23.0 Å². The third kappa shape index (κ3) is 3.99. The summed E-state index contributed by atoms with van der Waals surface area (Å²) in [5.41, 5.74) is 6.58. The largest absolute Gasteiger partial charge is 0.341 e. The average Bonchev–Trinajstić information content (AvgIpc) is 2.89. The van der Waals surface area contributed by atoms with Gasteiger partial charge < -0.3 is 4.90 Å². The lowest BCUT2D eigenvalue weighted by Crippen LogP contribution is -2.52. The Labute approximate surface area is 140 Å². The minimum absolute atomic E-state index is 0.0891. The number of nitrogens with zero attached hydrogens (tertiary/aromatic N) is 2. The Hall–Kier alpha value is -1.70. The minimum Gasteiger partial charge on any atom is -0.341 e. The topological polar surface area (TPSA) is 87.5 Å². The van der Waals surface area contributed by atoms with Crippen molar-refractivity contribution in [3.63, 3.8) is 0 Å². The van der Waals surface area contributed by atoms with Crippen LogP contribution in [0.1, 0.15) is 19.4 Å². The van der Waals surface area contributed by atoms with Crippen LogP contribution in [0.3, 0.4) is 0 Å². The number of rotatable bonds is 5. The highest BCUT2D eigenvalue weighted by atomic mass is 35.5. The molecule has 1 aliphatic heterocycles. The zero-order chi connectivity index (χ0) is 17.1. The van der Waals surface area contributed by atoms with Gasteiger partial charge in [0.15, 0.2) is 6.04 Å². The number of nitrogens with one attached hydrogen (secondary N) is 2. The number of carbonyl (C=O) groups excluding carboxylic acids is 1. The number of benzene rings is 1. The van der Waals surface area contributed by atoms with Gasteiger partial charge in [0, 0.05) is 23.0 Å². The lowest BCUT2D eigenvalue weighted by molar-refractivity contribution is -0.523. The molecule has 0 aromatic heterocycles. The van der Waals surface area contributed by atoms with E-state index in [-0.39, 0.29) is 11.9 Å². The molecule has 4 unspecified atom stereocenters. The van der Waals surface area contributed by atoms with Crippen LogP contribution in [0.2, 0.25) is 5.02 Å².